The van der Waals surface area contributed by atoms with Crippen LogP contribution in [-0.4, -0.2) is 56.9 Å². The molecule has 0 aromatic carbocycles. The van der Waals surface area contributed by atoms with Crippen molar-refractivity contribution in [1.82, 2.24) is 14.5 Å². The summed E-state index contributed by atoms with van der Waals surface area (Å²) in [6, 6.07) is 0. The molecule has 6 nitrogen and oxygen atoms in total. The molecule has 110 valence electrons. The molecule has 1 aliphatic carbocycles. The van der Waals surface area contributed by atoms with E-state index in [4.69, 9.17) is 9.84 Å². The second kappa shape index (κ2) is 5.54. The number of hydrogen-bond donors (Lipinski definition) is 1. The Morgan fingerprint density at radius 2 is 2.30 bits per heavy atom. The zero-order valence-electron chi connectivity index (χ0n) is 11.6. The van der Waals surface area contributed by atoms with Crippen LogP contribution in [0.15, 0.2) is 18.7 Å². The molecule has 3 rings (SSSR count). The van der Waals surface area contributed by atoms with Crippen LogP contribution in [-0.2, 0) is 16.1 Å². The highest BCUT2D eigenvalue weighted by Crippen LogP contribution is 2.40. The first kappa shape index (κ1) is 13.6. The lowest BCUT2D eigenvalue weighted by atomic mass is 9.78. The summed E-state index contributed by atoms with van der Waals surface area (Å²) in [5.41, 5.74) is -0.0761. The third kappa shape index (κ3) is 3.02. The minimum atomic E-state index is -0.777. The first-order valence-electron chi connectivity index (χ1n) is 7.23. The van der Waals surface area contributed by atoms with Gasteiger partial charge in [0.25, 0.3) is 0 Å². The van der Waals surface area contributed by atoms with Crippen molar-refractivity contribution in [2.45, 2.75) is 43.9 Å². The van der Waals surface area contributed by atoms with Crippen molar-refractivity contribution >= 4 is 5.97 Å². The molecule has 0 radical (unpaired) electrons. The Labute approximate surface area is 118 Å². The second-order valence-corrected chi connectivity index (χ2v) is 5.91. The van der Waals surface area contributed by atoms with E-state index >= 15 is 0 Å². The molecule has 1 unspecified atom stereocenters. The molecule has 1 N–H and O–H groups in total. The van der Waals surface area contributed by atoms with E-state index in [2.05, 4.69) is 14.5 Å². The molecule has 20 heavy (non-hydrogen) atoms. The highest BCUT2D eigenvalue weighted by atomic mass is 16.5. The summed E-state index contributed by atoms with van der Waals surface area (Å²) in [7, 11) is 0. The lowest BCUT2D eigenvalue weighted by Crippen LogP contribution is -2.59. The fourth-order valence-corrected chi connectivity index (χ4v) is 3.18. The van der Waals surface area contributed by atoms with Crippen molar-refractivity contribution in [3.05, 3.63) is 18.7 Å². The predicted octanol–water partition coefficient (Wildman–Crippen LogP) is 0.981. The number of rotatable bonds is 5. The number of carboxylic acid groups (broad SMARTS) is 1. The molecule has 2 aliphatic rings. The number of hydrogen-bond acceptors (Lipinski definition) is 4. The molecule has 6 heteroatoms. The molecule has 1 spiro atoms. The standard InChI is InChI=1S/C14H21N3O3/c18-13(19)8-12-9-17(7-6-16-5-4-15-11-16)10-14(20-12)2-1-3-14/h4-5,11-12H,1-3,6-10H2,(H,18,19). The Kier molecular flexibility index (Phi) is 3.76. The number of carbonyl (C=O) groups is 1. The quantitative estimate of drug-likeness (QED) is 0.870. The second-order valence-electron chi connectivity index (χ2n) is 5.91. The van der Waals surface area contributed by atoms with Gasteiger partial charge in [-0.1, -0.05) is 0 Å². The summed E-state index contributed by atoms with van der Waals surface area (Å²) >= 11 is 0. The van der Waals surface area contributed by atoms with Gasteiger partial charge in [-0.3, -0.25) is 9.69 Å². The summed E-state index contributed by atoms with van der Waals surface area (Å²) in [5.74, 6) is -0.777. The van der Waals surface area contributed by atoms with Crippen molar-refractivity contribution in [3.8, 4) is 0 Å². The van der Waals surface area contributed by atoms with E-state index in [9.17, 15) is 4.79 Å². The summed E-state index contributed by atoms with van der Waals surface area (Å²) in [6.45, 7) is 3.44. The Balaban J connectivity index is 1.59. The van der Waals surface area contributed by atoms with Gasteiger partial charge in [0.1, 0.15) is 0 Å². The third-order valence-corrected chi connectivity index (χ3v) is 4.29. The van der Waals surface area contributed by atoms with Gasteiger partial charge in [-0.15, -0.1) is 0 Å². The molecule has 0 bridgehead atoms. The average Bonchev–Trinajstić information content (AvgIpc) is 2.86. The number of carboxylic acids is 1. The molecule has 1 aromatic rings. The fraction of sp³-hybridized carbons (Fsp3) is 0.714. The van der Waals surface area contributed by atoms with E-state index in [0.29, 0.717) is 6.54 Å². The predicted molar refractivity (Wildman–Crippen MR) is 72.4 cm³/mol. The Hall–Kier alpha value is -1.40. The monoisotopic (exact) mass is 279 g/mol. The lowest BCUT2D eigenvalue weighted by molar-refractivity contribution is -0.195. The van der Waals surface area contributed by atoms with Gasteiger partial charge in [0, 0.05) is 38.6 Å². The van der Waals surface area contributed by atoms with Gasteiger partial charge in [0.05, 0.1) is 24.5 Å². The summed E-state index contributed by atoms with van der Waals surface area (Å²) in [4.78, 5) is 17.3. The normalized spacial score (nSPS) is 25.5. The molecule has 1 saturated carbocycles. The van der Waals surface area contributed by atoms with E-state index in [1.54, 1.807) is 6.20 Å². The van der Waals surface area contributed by atoms with Crippen LogP contribution < -0.4 is 0 Å². The average molecular weight is 279 g/mol. The maximum atomic E-state index is 10.9. The molecular formula is C14H21N3O3. The van der Waals surface area contributed by atoms with E-state index in [1.165, 1.54) is 6.42 Å². The van der Waals surface area contributed by atoms with Crippen molar-refractivity contribution in [3.63, 3.8) is 0 Å². The van der Waals surface area contributed by atoms with Gasteiger partial charge in [0.15, 0.2) is 0 Å². The number of aromatic nitrogens is 2. The van der Waals surface area contributed by atoms with Gasteiger partial charge in [-0.25, -0.2) is 4.98 Å². The van der Waals surface area contributed by atoms with E-state index in [-0.39, 0.29) is 18.1 Å². The van der Waals surface area contributed by atoms with Gasteiger partial charge < -0.3 is 14.4 Å². The molecule has 1 aromatic heterocycles. The van der Waals surface area contributed by atoms with Crippen molar-refractivity contribution in [2.24, 2.45) is 0 Å². The number of morpholine rings is 1. The van der Waals surface area contributed by atoms with Crippen molar-refractivity contribution in [1.29, 1.82) is 0 Å². The molecular weight excluding hydrogens is 258 g/mol. The third-order valence-electron chi connectivity index (χ3n) is 4.29. The lowest BCUT2D eigenvalue weighted by Gasteiger charge is -2.51. The van der Waals surface area contributed by atoms with E-state index < -0.39 is 5.97 Å². The first-order valence-corrected chi connectivity index (χ1v) is 7.23. The minimum Gasteiger partial charge on any atom is -0.481 e. The Bertz CT molecular complexity index is 456. The summed E-state index contributed by atoms with van der Waals surface area (Å²) < 4.78 is 8.10. The van der Waals surface area contributed by atoms with Crippen LogP contribution in [0.2, 0.25) is 0 Å². The van der Waals surface area contributed by atoms with Crippen molar-refractivity contribution in [2.75, 3.05) is 19.6 Å². The first-order chi connectivity index (χ1) is 9.65. The van der Waals surface area contributed by atoms with Gasteiger partial charge >= 0.3 is 5.97 Å². The maximum Gasteiger partial charge on any atom is 0.306 e. The molecule has 1 atom stereocenters. The van der Waals surface area contributed by atoms with E-state index in [0.717, 1.165) is 32.5 Å². The SMILES string of the molecule is O=C(O)CC1CN(CCn2ccnc2)CC2(CCC2)O1. The largest absolute Gasteiger partial charge is 0.481 e. The molecule has 0 amide bonds. The van der Waals surface area contributed by atoms with Crippen LogP contribution in [0.1, 0.15) is 25.7 Å². The van der Waals surface area contributed by atoms with Gasteiger partial charge in [-0.05, 0) is 19.3 Å². The number of nitrogens with zero attached hydrogens (tertiary/aromatic N) is 3. The highest BCUT2D eigenvalue weighted by molar-refractivity contribution is 5.67. The van der Waals surface area contributed by atoms with Crippen LogP contribution >= 0.6 is 0 Å². The molecule has 2 heterocycles. The number of ether oxygens (including phenoxy) is 1. The number of aliphatic carboxylic acids is 1. The van der Waals surface area contributed by atoms with Gasteiger partial charge in [0.2, 0.25) is 0 Å². The molecule has 1 saturated heterocycles. The van der Waals surface area contributed by atoms with Crippen LogP contribution in [0.5, 0.6) is 0 Å². The molecule has 2 fully saturated rings. The topological polar surface area (TPSA) is 67.6 Å². The van der Waals surface area contributed by atoms with Crippen LogP contribution in [0.4, 0.5) is 0 Å². The Morgan fingerprint density at radius 1 is 1.45 bits per heavy atom. The van der Waals surface area contributed by atoms with Crippen LogP contribution in [0, 0.1) is 0 Å². The summed E-state index contributed by atoms with van der Waals surface area (Å²) in [6.07, 6.45) is 8.78. The number of imidazole rings is 1. The fourth-order valence-electron chi connectivity index (χ4n) is 3.18. The van der Waals surface area contributed by atoms with Crippen LogP contribution in [0.3, 0.4) is 0 Å². The van der Waals surface area contributed by atoms with Gasteiger partial charge in [-0.2, -0.15) is 0 Å². The van der Waals surface area contributed by atoms with E-state index in [1.807, 2.05) is 12.5 Å². The minimum absolute atomic E-state index is 0.0761. The Morgan fingerprint density at radius 3 is 2.90 bits per heavy atom. The van der Waals surface area contributed by atoms with Crippen LogP contribution in [0.25, 0.3) is 0 Å². The zero-order chi connectivity index (χ0) is 14.0. The van der Waals surface area contributed by atoms with Crippen molar-refractivity contribution < 1.29 is 14.6 Å². The maximum absolute atomic E-state index is 10.9. The highest BCUT2D eigenvalue weighted by Gasteiger charge is 2.45. The summed E-state index contributed by atoms with van der Waals surface area (Å²) in [5, 5.41) is 8.98. The zero-order valence-corrected chi connectivity index (χ0v) is 11.6. The molecule has 1 aliphatic heterocycles. The smallest absolute Gasteiger partial charge is 0.306 e.